The molecule has 0 radical (unpaired) electrons. The van der Waals surface area contributed by atoms with Crippen molar-refractivity contribution in [3.8, 4) is 17.6 Å². The zero-order valence-corrected chi connectivity index (χ0v) is 11.8. The third-order valence-electron chi connectivity index (χ3n) is 2.99. The standard InChI is InChI=1S/C18H18O2/c1-14-5-3-6-16(11-14)13-20-18-9-8-17(7-4-10-19)15(2)12-18/h3,5-6,8-9,11-12,19H,10,13H2,1-2H3. The van der Waals surface area contributed by atoms with Crippen molar-refractivity contribution in [1.29, 1.82) is 0 Å². The molecular formula is C18H18O2. The Morgan fingerprint density at radius 3 is 2.65 bits per heavy atom. The summed E-state index contributed by atoms with van der Waals surface area (Å²) in [7, 11) is 0. The van der Waals surface area contributed by atoms with Crippen LogP contribution in [0, 0.1) is 25.7 Å². The SMILES string of the molecule is Cc1cccc(COc2ccc(C#CCO)c(C)c2)c1. The molecule has 2 heteroatoms. The van der Waals surface area contributed by atoms with Crippen LogP contribution < -0.4 is 4.74 Å². The third-order valence-corrected chi connectivity index (χ3v) is 2.99. The van der Waals surface area contributed by atoms with E-state index in [2.05, 4.69) is 37.0 Å². The van der Waals surface area contributed by atoms with E-state index in [1.165, 1.54) is 5.56 Å². The average Bonchev–Trinajstić information content (AvgIpc) is 2.44. The van der Waals surface area contributed by atoms with Gasteiger partial charge < -0.3 is 9.84 Å². The number of rotatable bonds is 3. The molecule has 1 N–H and O–H groups in total. The fourth-order valence-corrected chi connectivity index (χ4v) is 1.97. The lowest BCUT2D eigenvalue weighted by molar-refractivity contribution is 0.306. The second-order valence-electron chi connectivity index (χ2n) is 4.71. The van der Waals surface area contributed by atoms with Crippen LogP contribution in [0.5, 0.6) is 5.75 Å². The number of benzene rings is 2. The van der Waals surface area contributed by atoms with E-state index in [1.807, 2.05) is 31.2 Å². The lowest BCUT2D eigenvalue weighted by Crippen LogP contribution is -1.96. The van der Waals surface area contributed by atoms with Crippen LogP contribution in [0.3, 0.4) is 0 Å². The van der Waals surface area contributed by atoms with Gasteiger partial charge in [0.25, 0.3) is 0 Å². The summed E-state index contributed by atoms with van der Waals surface area (Å²) in [5, 5.41) is 8.71. The Hall–Kier alpha value is -2.24. The molecule has 0 atom stereocenters. The zero-order chi connectivity index (χ0) is 14.4. The van der Waals surface area contributed by atoms with E-state index in [1.54, 1.807) is 0 Å². The second kappa shape index (κ2) is 6.79. The molecule has 0 bridgehead atoms. The van der Waals surface area contributed by atoms with E-state index in [0.29, 0.717) is 6.61 Å². The Balaban J connectivity index is 2.05. The molecule has 2 aromatic rings. The molecule has 0 spiro atoms. The summed E-state index contributed by atoms with van der Waals surface area (Å²) in [5.41, 5.74) is 4.36. The summed E-state index contributed by atoms with van der Waals surface area (Å²) < 4.78 is 5.79. The third kappa shape index (κ3) is 3.88. The van der Waals surface area contributed by atoms with E-state index < -0.39 is 0 Å². The van der Waals surface area contributed by atoms with E-state index >= 15 is 0 Å². The summed E-state index contributed by atoms with van der Waals surface area (Å²) in [6.07, 6.45) is 0. The summed E-state index contributed by atoms with van der Waals surface area (Å²) in [6, 6.07) is 14.1. The normalized spacial score (nSPS) is 9.75. The molecule has 0 fully saturated rings. The number of hydrogen-bond donors (Lipinski definition) is 1. The van der Waals surface area contributed by atoms with Crippen molar-refractivity contribution in [2.75, 3.05) is 6.61 Å². The average molecular weight is 266 g/mol. The van der Waals surface area contributed by atoms with Gasteiger partial charge in [0, 0.05) is 5.56 Å². The van der Waals surface area contributed by atoms with Gasteiger partial charge in [-0.15, -0.1) is 0 Å². The van der Waals surface area contributed by atoms with Gasteiger partial charge in [-0.3, -0.25) is 0 Å². The second-order valence-corrected chi connectivity index (χ2v) is 4.71. The van der Waals surface area contributed by atoms with Gasteiger partial charge in [0.1, 0.15) is 19.0 Å². The number of aryl methyl sites for hydroxylation is 2. The minimum atomic E-state index is -0.120. The van der Waals surface area contributed by atoms with Crippen LogP contribution in [0.25, 0.3) is 0 Å². The van der Waals surface area contributed by atoms with Crippen LogP contribution in [0.1, 0.15) is 22.3 Å². The highest BCUT2D eigenvalue weighted by molar-refractivity contribution is 5.44. The quantitative estimate of drug-likeness (QED) is 0.864. The Morgan fingerprint density at radius 2 is 1.95 bits per heavy atom. The van der Waals surface area contributed by atoms with Crippen molar-refractivity contribution in [1.82, 2.24) is 0 Å². The summed E-state index contributed by atoms with van der Waals surface area (Å²) in [6.45, 7) is 4.50. The molecule has 20 heavy (non-hydrogen) atoms. The lowest BCUT2D eigenvalue weighted by atomic mass is 10.1. The highest BCUT2D eigenvalue weighted by Gasteiger charge is 2.00. The van der Waals surface area contributed by atoms with Crippen LogP contribution in [-0.4, -0.2) is 11.7 Å². The molecule has 0 aliphatic rings. The highest BCUT2D eigenvalue weighted by Crippen LogP contribution is 2.18. The van der Waals surface area contributed by atoms with Crippen molar-refractivity contribution >= 4 is 0 Å². The minimum Gasteiger partial charge on any atom is -0.489 e. The molecular weight excluding hydrogens is 248 g/mol. The Bertz CT molecular complexity index is 648. The lowest BCUT2D eigenvalue weighted by Gasteiger charge is -2.08. The largest absolute Gasteiger partial charge is 0.489 e. The molecule has 0 aliphatic heterocycles. The van der Waals surface area contributed by atoms with E-state index in [9.17, 15) is 0 Å². The van der Waals surface area contributed by atoms with Crippen LogP contribution in [0.15, 0.2) is 42.5 Å². The summed E-state index contributed by atoms with van der Waals surface area (Å²) >= 11 is 0. The first kappa shape index (κ1) is 14.2. The van der Waals surface area contributed by atoms with E-state index in [0.717, 1.165) is 22.4 Å². The van der Waals surface area contributed by atoms with Gasteiger partial charge in [-0.25, -0.2) is 0 Å². The van der Waals surface area contributed by atoms with Gasteiger partial charge in [-0.05, 0) is 43.2 Å². The monoisotopic (exact) mass is 266 g/mol. The van der Waals surface area contributed by atoms with Crippen LogP contribution in [0.4, 0.5) is 0 Å². The smallest absolute Gasteiger partial charge is 0.120 e. The van der Waals surface area contributed by atoms with Crippen LogP contribution in [0.2, 0.25) is 0 Å². The number of hydrogen-bond acceptors (Lipinski definition) is 2. The maximum atomic E-state index is 8.71. The summed E-state index contributed by atoms with van der Waals surface area (Å²) in [4.78, 5) is 0. The van der Waals surface area contributed by atoms with Crippen LogP contribution >= 0.6 is 0 Å². The molecule has 2 aromatic carbocycles. The maximum Gasteiger partial charge on any atom is 0.120 e. The van der Waals surface area contributed by atoms with Gasteiger partial charge in [-0.1, -0.05) is 41.7 Å². The first-order chi connectivity index (χ1) is 9.69. The molecule has 2 nitrogen and oxygen atoms in total. The molecule has 0 amide bonds. The van der Waals surface area contributed by atoms with Crippen molar-refractivity contribution in [2.45, 2.75) is 20.5 Å². The molecule has 0 aromatic heterocycles. The molecule has 0 unspecified atom stereocenters. The first-order valence-electron chi connectivity index (χ1n) is 6.58. The van der Waals surface area contributed by atoms with Gasteiger partial charge in [-0.2, -0.15) is 0 Å². The van der Waals surface area contributed by atoms with Gasteiger partial charge in [0.15, 0.2) is 0 Å². The van der Waals surface area contributed by atoms with Crippen molar-refractivity contribution in [2.24, 2.45) is 0 Å². The van der Waals surface area contributed by atoms with Crippen molar-refractivity contribution in [3.05, 3.63) is 64.7 Å². The Morgan fingerprint density at radius 1 is 1.10 bits per heavy atom. The van der Waals surface area contributed by atoms with Gasteiger partial charge >= 0.3 is 0 Å². The predicted octanol–water partition coefficient (Wildman–Crippen LogP) is 3.23. The maximum absolute atomic E-state index is 8.71. The van der Waals surface area contributed by atoms with E-state index in [4.69, 9.17) is 9.84 Å². The zero-order valence-electron chi connectivity index (χ0n) is 11.8. The Labute approximate surface area is 120 Å². The molecule has 0 saturated carbocycles. The molecule has 0 saturated heterocycles. The molecule has 2 rings (SSSR count). The molecule has 0 aliphatic carbocycles. The number of aliphatic hydroxyl groups is 1. The molecule has 0 heterocycles. The predicted molar refractivity (Wildman–Crippen MR) is 80.7 cm³/mol. The topological polar surface area (TPSA) is 29.5 Å². The van der Waals surface area contributed by atoms with Gasteiger partial charge in [0.2, 0.25) is 0 Å². The van der Waals surface area contributed by atoms with E-state index in [-0.39, 0.29) is 6.61 Å². The number of aliphatic hydroxyl groups excluding tert-OH is 1. The number of ether oxygens (including phenoxy) is 1. The van der Waals surface area contributed by atoms with Crippen molar-refractivity contribution < 1.29 is 9.84 Å². The first-order valence-corrected chi connectivity index (χ1v) is 6.58. The van der Waals surface area contributed by atoms with Crippen molar-refractivity contribution in [3.63, 3.8) is 0 Å². The fourth-order valence-electron chi connectivity index (χ4n) is 1.97. The minimum absolute atomic E-state index is 0.120. The highest BCUT2D eigenvalue weighted by atomic mass is 16.5. The summed E-state index contributed by atoms with van der Waals surface area (Å²) in [5.74, 6) is 6.40. The molecule has 102 valence electrons. The Kier molecular flexibility index (Phi) is 4.81. The van der Waals surface area contributed by atoms with Gasteiger partial charge in [0.05, 0.1) is 0 Å². The van der Waals surface area contributed by atoms with Crippen LogP contribution in [-0.2, 0) is 6.61 Å². The fraction of sp³-hybridized carbons (Fsp3) is 0.222.